The van der Waals surface area contributed by atoms with Gasteiger partial charge in [0.2, 0.25) is 5.72 Å². The molecule has 1 unspecified atom stereocenters. The minimum atomic E-state index is -1.48. The van der Waals surface area contributed by atoms with E-state index in [1.165, 1.54) is 6.92 Å². The smallest absolute Gasteiger partial charge is 0.203 e. The molecule has 0 aromatic carbocycles. The van der Waals surface area contributed by atoms with Crippen LogP contribution >= 0.6 is 12.6 Å². The number of nitrogens with one attached hydrogen (secondary N) is 1. The molecule has 0 aliphatic carbocycles. The van der Waals surface area contributed by atoms with E-state index in [0.717, 1.165) is 0 Å². The molecule has 0 bridgehead atoms. The number of thiol groups is 1. The monoisotopic (exact) mass is 299 g/mol. The molecule has 1 aromatic rings. The summed E-state index contributed by atoms with van der Waals surface area (Å²) in [6.45, 7) is 1.46. The van der Waals surface area contributed by atoms with E-state index in [2.05, 4.69) is 27.9 Å². The Hall–Kier alpha value is -1.29. The number of guanidine groups is 1. The second-order valence-corrected chi connectivity index (χ2v) is 5.79. The minimum Gasteiger partial charge on any atom is -0.394 e. The molecule has 20 heavy (non-hydrogen) atoms. The van der Waals surface area contributed by atoms with E-state index in [-0.39, 0.29) is 30.1 Å². The van der Waals surface area contributed by atoms with Gasteiger partial charge in [-0.25, -0.2) is 9.98 Å². The Morgan fingerprint density at radius 2 is 2.45 bits per heavy atom. The summed E-state index contributed by atoms with van der Waals surface area (Å²) in [4.78, 5) is 8.09. The molecular weight excluding hydrogens is 282 g/mol. The summed E-state index contributed by atoms with van der Waals surface area (Å²) in [5.41, 5.74) is 4.58. The second kappa shape index (κ2) is 4.62. The lowest BCUT2D eigenvalue weighted by atomic mass is 10.1. The van der Waals surface area contributed by atoms with E-state index in [9.17, 15) is 10.2 Å². The summed E-state index contributed by atoms with van der Waals surface area (Å²) in [6, 6.07) is 0. The van der Waals surface area contributed by atoms with Crippen molar-refractivity contribution in [3.8, 4) is 0 Å². The Morgan fingerprint density at radius 1 is 1.70 bits per heavy atom. The number of rotatable bonds is 2. The van der Waals surface area contributed by atoms with Crippen LogP contribution in [0, 0.1) is 0 Å². The lowest BCUT2D eigenvalue weighted by Crippen LogP contribution is -2.36. The first-order chi connectivity index (χ1) is 9.42. The van der Waals surface area contributed by atoms with E-state index < -0.39 is 5.72 Å². The van der Waals surface area contributed by atoms with Crippen LogP contribution in [0.2, 0.25) is 0 Å². The van der Waals surface area contributed by atoms with Crippen LogP contribution in [-0.2, 0) is 10.5 Å². The molecule has 8 nitrogen and oxygen atoms in total. The van der Waals surface area contributed by atoms with E-state index in [0.29, 0.717) is 17.9 Å². The van der Waals surface area contributed by atoms with Crippen LogP contribution in [0.5, 0.6) is 0 Å². The lowest BCUT2D eigenvalue weighted by molar-refractivity contribution is -0.0204. The summed E-state index contributed by atoms with van der Waals surface area (Å²) >= 11 is 4.48. The van der Waals surface area contributed by atoms with Crippen molar-refractivity contribution in [3.63, 3.8) is 0 Å². The van der Waals surface area contributed by atoms with E-state index in [1.807, 2.05) is 0 Å². The average molecular weight is 299 g/mol. The molecule has 4 atom stereocenters. The fourth-order valence-electron chi connectivity index (χ4n) is 2.56. The van der Waals surface area contributed by atoms with Crippen molar-refractivity contribution in [1.82, 2.24) is 9.55 Å². The molecule has 0 saturated carbocycles. The first-order valence-electron chi connectivity index (χ1n) is 6.29. The van der Waals surface area contributed by atoms with Gasteiger partial charge >= 0.3 is 0 Å². The Kier molecular flexibility index (Phi) is 3.16. The number of aliphatic imine (C=N–C) groups is 1. The number of nitrogens with zero attached hydrogens (tertiary/aromatic N) is 3. The summed E-state index contributed by atoms with van der Waals surface area (Å²) in [5, 5.41) is 22.2. The van der Waals surface area contributed by atoms with Crippen LogP contribution in [0.25, 0.3) is 0 Å². The van der Waals surface area contributed by atoms with E-state index in [4.69, 9.17) is 10.5 Å². The number of aromatic nitrogens is 2. The topological polar surface area (TPSA) is 118 Å². The average Bonchev–Trinajstić information content (AvgIpc) is 2.91. The number of imidazole rings is 1. The molecule has 5 N–H and O–H groups in total. The Balaban J connectivity index is 1.97. The summed E-state index contributed by atoms with van der Waals surface area (Å²) in [7, 11) is 0. The van der Waals surface area contributed by atoms with Crippen molar-refractivity contribution in [3.05, 3.63) is 12.0 Å². The fourth-order valence-corrected chi connectivity index (χ4v) is 3.01. The molecule has 0 spiro atoms. The maximum absolute atomic E-state index is 10.2. The van der Waals surface area contributed by atoms with Crippen LogP contribution in [-0.4, -0.2) is 43.7 Å². The Bertz CT molecular complexity index is 558. The van der Waals surface area contributed by atoms with Gasteiger partial charge in [0.1, 0.15) is 17.7 Å². The van der Waals surface area contributed by atoms with Crippen molar-refractivity contribution in [2.75, 3.05) is 11.9 Å². The highest BCUT2D eigenvalue weighted by atomic mass is 32.1. The number of aliphatic hydroxyl groups is 2. The first kappa shape index (κ1) is 13.7. The van der Waals surface area contributed by atoms with Crippen molar-refractivity contribution < 1.29 is 14.9 Å². The van der Waals surface area contributed by atoms with Gasteiger partial charge < -0.3 is 26.0 Å². The molecule has 3 rings (SSSR count). The SMILES string of the molecule is CC1(O)N=C(N)Nc2c1ncn2[C@@H]1O[C@H](CO)C[C@H]1S. The zero-order chi connectivity index (χ0) is 14.5. The molecule has 1 aromatic heterocycles. The second-order valence-electron chi connectivity index (χ2n) is 5.13. The van der Waals surface area contributed by atoms with Crippen LogP contribution in [0.1, 0.15) is 25.3 Å². The van der Waals surface area contributed by atoms with Crippen molar-refractivity contribution in [2.45, 2.75) is 36.7 Å². The molecule has 2 aliphatic rings. The number of hydrogen-bond acceptors (Lipinski definition) is 8. The van der Waals surface area contributed by atoms with Gasteiger partial charge in [0.05, 0.1) is 19.0 Å². The molecule has 0 amide bonds. The predicted octanol–water partition coefficient (Wildman–Crippen LogP) is -0.634. The molecule has 9 heteroatoms. The molecule has 0 radical (unpaired) electrons. The van der Waals surface area contributed by atoms with Crippen LogP contribution in [0.3, 0.4) is 0 Å². The summed E-state index contributed by atoms with van der Waals surface area (Å²) in [6.07, 6.45) is 1.54. The number of nitrogens with two attached hydrogens (primary N) is 1. The molecule has 3 heterocycles. The van der Waals surface area contributed by atoms with Gasteiger partial charge in [-0.2, -0.15) is 12.6 Å². The third kappa shape index (κ3) is 2.06. The molecular formula is C11H17N5O3S. The van der Waals surface area contributed by atoms with Gasteiger partial charge in [-0.1, -0.05) is 0 Å². The normalized spacial score (nSPS) is 36.4. The summed E-state index contributed by atoms with van der Waals surface area (Å²) in [5.74, 6) is 0.641. The van der Waals surface area contributed by atoms with Gasteiger partial charge in [-0.15, -0.1) is 0 Å². The van der Waals surface area contributed by atoms with Gasteiger partial charge in [-0.3, -0.25) is 4.57 Å². The van der Waals surface area contributed by atoms with Crippen LogP contribution in [0.4, 0.5) is 5.82 Å². The summed E-state index contributed by atoms with van der Waals surface area (Å²) < 4.78 is 7.45. The standard InChI is InChI=1S/C11H17N5O3S/c1-11(18)7-8(14-10(12)15-11)16(4-13-7)9-6(20)2-5(3-17)19-9/h4-6,9,17-18,20H,2-3H2,1H3,(H3,12,14,15)/t5-,6+,9+,11?/m0/s1. The number of anilines is 1. The van der Waals surface area contributed by atoms with Gasteiger partial charge in [-0.05, 0) is 13.3 Å². The highest BCUT2D eigenvalue weighted by Crippen LogP contribution is 2.38. The maximum Gasteiger partial charge on any atom is 0.203 e. The molecule has 1 saturated heterocycles. The Morgan fingerprint density at radius 3 is 3.10 bits per heavy atom. The number of hydrogen-bond donors (Lipinski definition) is 5. The highest BCUT2D eigenvalue weighted by molar-refractivity contribution is 7.81. The van der Waals surface area contributed by atoms with Crippen molar-refractivity contribution in [2.24, 2.45) is 10.7 Å². The minimum absolute atomic E-state index is 0.0564. The largest absolute Gasteiger partial charge is 0.394 e. The zero-order valence-electron chi connectivity index (χ0n) is 10.9. The lowest BCUT2D eigenvalue weighted by Gasteiger charge is -2.27. The molecule has 2 aliphatic heterocycles. The third-order valence-electron chi connectivity index (χ3n) is 3.47. The first-order valence-corrected chi connectivity index (χ1v) is 6.80. The third-order valence-corrected chi connectivity index (χ3v) is 3.94. The fraction of sp³-hybridized carbons (Fsp3) is 0.636. The van der Waals surface area contributed by atoms with E-state index in [1.54, 1.807) is 10.9 Å². The molecule has 1 fully saturated rings. The quantitative estimate of drug-likeness (QED) is 0.464. The number of aliphatic hydroxyl groups excluding tert-OH is 1. The van der Waals surface area contributed by atoms with Gasteiger partial charge in [0.25, 0.3) is 0 Å². The molecule has 110 valence electrons. The van der Waals surface area contributed by atoms with Gasteiger partial charge in [0, 0.05) is 5.25 Å². The predicted molar refractivity (Wildman–Crippen MR) is 75.4 cm³/mol. The maximum atomic E-state index is 10.2. The zero-order valence-corrected chi connectivity index (χ0v) is 11.8. The van der Waals surface area contributed by atoms with E-state index >= 15 is 0 Å². The number of ether oxygens (including phenoxy) is 1. The van der Waals surface area contributed by atoms with Gasteiger partial charge in [0.15, 0.2) is 5.96 Å². The Labute approximate surface area is 121 Å². The highest BCUT2D eigenvalue weighted by Gasteiger charge is 2.39. The van der Waals surface area contributed by atoms with Crippen molar-refractivity contribution >= 4 is 24.4 Å². The van der Waals surface area contributed by atoms with Crippen LogP contribution < -0.4 is 11.1 Å². The van der Waals surface area contributed by atoms with Crippen LogP contribution in [0.15, 0.2) is 11.3 Å². The number of fused-ring (bicyclic) bond motifs is 1. The van der Waals surface area contributed by atoms with Crippen molar-refractivity contribution in [1.29, 1.82) is 0 Å².